The molecule has 5 heteroatoms. The maximum absolute atomic E-state index is 12.4. The molecule has 1 amide bonds. The Morgan fingerprint density at radius 3 is 2.32 bits per heavy atom. The first-order chi connectivity index (χ1) is 13.2. The quantitative estimate of drug-likeness (QED) is 0.735. The van der Waals surface area contributed by atoms with Gasteiger partial charge in [0.25, 0.3) is 5.91 Å². The number of hydrogen-bond acceptors (Lipinski definition) is 4. The van der Waals surface area contributed by atoms with Crippen molar-refractivity contribution in [1.29, 1.82) is 0 Å². The Morgan fingerprint density at radius 1 is 1.07 bits per heavy atom. The number of benzene rings is 2. The van der Waals surface area contributed by atoms with E-state index in [0.29, 0.717) is 24.5 Å². The first-order valence-corrected chi connectivity index (χ1v) is 9.44. The van der Waals surface area contributed by atoms with E-state index in [0.717, 1.165) is 11.3 Å². The number of nitrogens with one attached hydrogen (secondary N) is 1. The molecule has 0 heterocycles. The molecule has 0 spiro atoms. The van der Waals surface area contributed by atoms with Gasteiger partial charge in [0.1, 0.15) is 18.1 Å². The second-order valence-corrected chi connectivity index (χ2v) is 7.92. The molecule has 1 N–H and O–H groups in total. The van der Waals surface area contributed by atoms with Crippen LogP contribution in [0.2, 0.25) is 0 Å². The number of methoxy groups -OCH3 is 2. The Morgan fingerprint density at radius 2 is 1.75 bits per heavy atom. The van der Waals surface area contributed by atoms with Crippen molar-refractivity contribution in [1.82, 2.24) is 5.32 Å². The Kier molecular flexibility index (Phi) is 7.46. The molecule has 0 saturated heterocycles. The summed E-state index contributed by atoms with van der Waals surface area (Å²) in [6.45, 7) is 9.21. The predicted molar refractivity (Wildman–Crippen MR) is 111 cm³/mol. The number of rotatable bonds is 8. The van der Waals surface area contributed by atoms with Gasteiger partial charge in [0.2, 0.25) is 0 Å². The molecule has 0 aliphatic carbocycles. The summed E-state index contributed by atoms with van der Waals surface area (Å²) in [5, 5.41) is 2.91. The number of carbonyl (C=O) groups is 1. The lowest BCUT2D eigenvalue weighted by Crippen LogP contribution is -2.35. The van der Waals surface area contributed by atoms with Crippen LogP contribution >= 0.6 is 0 Å². The summed E-state index contributed by atoms with van der Waals surface area (Å²) in [6.07, 6.45) is 0. The monoisotopic (exact) mass is 385 g/mol. The second-order valence-electron chi connectivity index (χ2n) is 7.92. The molecule has 0 aliphatic heterocycles. The SMILES string of the molecule is COCC(C)NC(=O)c1ccc(OC)c(COc2ccc(C(C)(C)C)cc2)c1. The first kappa shape index (κ1) is 21.8. The minimum atomic E-state index is -0.150. The fraction of sp³-hybridized carbons (Fsp3) is 0.435. The van der Waals surface area contributed by atoms with Crippen LogP contribution in [0.15, 0.2) is 42.5 Å². The van der Waals surface area contributed by atoms with Gasteiger partial charge in [-0.3, -0.25) is 4.79 Å². The minimum Gasteiger partial charge on any atom is -0.496 e. The van der Waals surface area contributed by atoms with Crippen LogP contribution in [0, 0.1) is 0 Å². The Balaban J connectivity index is 2.10. The molecule has 1 unspecified atom stereocenters. The van der Waals surface area contributed by atoms with Gasteiger partial charge in [-0.05, 0) is 48.2 Å². The van der Waals surface area contributed by atoms with Gasteiger partial charge < -0.3 is 19.5 Å². The van der Waals surface area contributed by atoms with Crippen LogP contribution in [0.5, 0.6) is 11.5 Å². The van der Waals surface area contributed by atoms with E-state index >= 15 is 0 Å². The smallest absolute Gasteiger partial charge is 0.251 e. The van der Waals surface area contributed by atoms with Crippen LogP contribution < -0.4 is 14.8 Å². The molecule has 2 rings (SSSR count). The summed E-state index contributed by atoms with van der Waals surface area (Å²) in [5.74, 6) is 1.31. The number of carbonyl (C=O) groups excluding carboxylic acids is 1. The molecular weight excluding hydrogens is 354 g/mol. The van der Waals surface area contributed by atoms with Crippen LogP contribution in [0.4, 0.5) is 0 Å². The van der Waals surface area contributed by atoms with Gasteiger partial charge in [0.05, 0.1) is 13.7 Å². The largest absolute Gasteiger partial charge is 0.496 e. The molecule has 0 radical (unpaired) electrons. The number of amides is 1. The van der Waals surface area contributed by atoms with Gasteiger partial charge in [-0.2, -0.15) is 0 Å². The highest BCUT2D eigenvalue weighted by Crippen LogP contribution is 2.26. The summed E-state index contributed by atoms with van der Waals surface area (Å²) < 4.78 is 16.4. The van der Waals surface area contributed by atoms with E-state index in [1.54, 1.807) is 32.4 Å². The van der Waals surface area contributed by atoms with Crippen LogP contribution in [0.3, 0.4) is 0 Å². The molecule has 28 heavy (non-hydrogen) atoms. The lowest BCUT2D eigenvalue weighted by Gasteiger charge is -2.19. The van der Waals surface area contributed by atoms with Gasteiger partial charge in [-0.25, -0.2) is 0 Å². The maximum atomic E-state index is 12.4. The highest BCUT2D eigenvalue weighted by Gasteiger charge is 2.15. The average molecular weight is 386 g/mol. The standard InChI is InChI=1S/C23H31NO4/c1-16(14-26-5)24-22(25)17-7-12-21(27-6)18(13-17)15-28-20-10-8-19(9-11-20)23(2,3)4/h7-13,16H,14-15H2,1-6H3,(H,24,25). The molecule has 0 bridgehead atoms. The third-order valence-electron chi connectivity index (χ3n) is 4.45. The van der Waals surface area contributed by atoms with Crippen molar-refractivity contribution < 1.29 is 19.0 Å². The Hall–Kier alpha value is -2.53. The molecule has 2 aromatic carbocycles. The van der Waals surface area contributed by atoms with Gasteiger partial charge in [0, 0.05) is 24.3 Å². The summed E-state index contributed by atoms with van der Waals surface area (Å²) in [4.78, 5) is 12.4. The van der Waals surface area contributed by atoms with Crippen LogP contribution in [0.25, 0.3) is 0 Å². The van der Waals surface area contributed by atoms with E-state index in [2.05, 4.69) is 38.2 Å². The molecule has 0 aromatic heterocycles. The lowest BCUT2D eigenvalue weighted by atomic mass is 9.87. The van der Waals surface area contributed by atoms with E-state index < -0.39 is 0 Å². The minimum absolute atomic E-state index is 0.0689. The molecule has 2 aromatic rings. The normalized spacial score (nSPS) is 12.4. The van der Waals surface area contributed by atoms with Crippen molar-refractivity contribution in [2.24, 2.45) is 0 Å². The van der Waals surface area contributed by atoms with E-state index in [4.69, 9.17) is 14.2 Å². The summed E-state index contributed by atoms with van der Waals surface area (Å²) >= 11 is 0. The van der Waals surface area contributed by atoms with Crippen molar-refractivity contribution in [3.63, 3.8) is 0 Å². The zero-order valence-corrected chi connectivity index (χ0v) is 17.7. The maximum Gasteiger partial charge on any atom is 0.251 e. The molecule has 5 nitrogen and oxygen atoms in total. The number of ether oxygens (including phenoxy) is 3. The van der Waals surface area contributed by atoms with Crippen LogP contribution in [-0.2, 0) is 16.8 Å². The predicted octanol–water partition coefficient (Wildman–Crippen LogP) is 4.34. The highest BCUT2D eigenvalue weighted by atomic mass is 16.5. The van der Waals surface area contributed by atoms with Crippen molar-refractivity contribution >= 4 is 5.91 Å². The van der Waals surface area contributed by atoms with Crippen LogP contribution in [-0.4, -0.2) is 32.8 Å². The highest BCUT2D eigenvalue weighted by molar-refractivity contribution is 5.94. The van der Waals surface area contributed by atoms with E-state index in [9.17, 15) is 4.79 Å². The van der Waals surface area contributed by atoms with Crippen molar-refractivity contribution in [2.75, 3.05) is 20.8 Å². The van der Waals surface area contributed by atoms with E-state index in [1.807, 2.05) is 19.1 Å². The average Bonchev–Trinajstić information content (AvgIpc) is 2.65. The molecule has 0 saturated carbocycles. The van der Waals surface area contributed by atoms with Crippen molar-refractivity contribution in [2.45, 2.75) is 45.8 Å². The fourth-order valence-corrected chi connectivity index (χ4v) is 2.84. The third kappa shape index (κ3) is 5.99. The second kappa shape index (κ2) is 9.60. The Labute approximate surface area is 168 Å². The van der Waals surface area contributed by atoms with Gasteiger partial charge >= 0.3 is 0 Å². The molecule has 0 aliphatic rings. The van der Waals surface area contributed by atoms with E-state index in [1.165, 1.54) is 5.56 Å². The fourth-order valence-electron chi connectivity index (χ4n) is 2.84. The topological polar surface area (TPSA) is 56.8 Å². The summed E-state index contributed by atoms with van der Waals surface area (Å²) in [7, 11) is 3.22. The lowest BCUT2D eigenvalue weighted by molar-refractivity contribution is 0.0905. The first-order valence-electron chi connectivity index (χ1n) is 9.44. The third-order valence-corrected chi connectivity index (χ3v) is 4.45. The van der Waals surface area contributed by atoms with E-state index in [-0.39, 0.29) is 17.4 Å². The van der Waals surface area contributed by atoms with Gasteiger partial charge in [-0.1, -0.05) is 32.9 Å². The van der Waals surface area contributed by atoms with Gasteiger partial charge in [0.15, 0.2) is 0 Å². The van der Waals surface area contributed by atoms with Gasteiger partial charge in [-0.15, -0.1) is 0 Å². The summed E-state index contributed by atoms with van der Waals surface area (Å²) in [6, 6.07) is 13.4. The van der Waals surface area contributed by atoms with Crippen LogP contribution in [0.1, 0.15) is 49.2 Å². The molecule has 152 valence electrons. The van der Waals surface area contributed by atoms with Crippen molar-refractivity contribution in [3.05, 3.63) is 59.2 Å². The van der Waals surface area contributed by atoms with Crippen molar-refractivity contribution in [3.8, 4) is 11.5 Å². The summed E-state index contributed by atoms with van der Waals surface area (Å²) in [5.41, 5.74) is 2.73. The zero-order valence-electron chi connectivity index (χ0n) is 17.7. The Bertz CT molecular complexity index is 778. The number of hydrogen-bond donors (Lipinski definition) is 1. The molecular formula is C23H31NO4. The zero-order chi connectivity index (χ0) is 20.7. The molecule has 0 fully saturated rings. The molecule has 1 atom stereocenters.